The molecular formula is C11H14ClN5. The van der Waals surface area contributed by atoms with E-state index in [1.54, 1.807) is 17.1 Å². The number of pyridine rings is 1. The molecule has 2 aromatic heterocycles. The van der Waals surface area contributed by atoms with E-state index < -0.39 is 0 Å². The van der Waals surface area contributed by atoms with Crippen molar-refractivity contribution < 1.29 is 0 Å². The van der Waals surface area contributed by atoms with Gasteiger partial charge in [-0.25, -0.2) is 0 Å². The quantitative estimate of drug-likeness (QED) is 0.892. The molecule has 1 unspecified atom stereocenters. The van der Waals surface area contributed by atoms with Crippen molar-refractivity contribution in [1.82, 2.24) is 25.3 Å². The second kappa shape index (κ2) is 5.25. The van der Waals surface area contributed by atoms with Crippen LogP contribution >= 0.6 is 11.6 Å². The van der Waals surface area contributed by atoms with E-state index in [1.165, 1.54) is 0 Å². The fraction of sp³-hybridized carbons (Fsp3) is 0.364. The monoisotopic (exact) mass is 251 g/mol. The van der Waals surface area contributed by atoms with Gasteiger partial charge in [-0.1, -0.05) is 16.8 Å². The van der Waals surface area contributed by atoms with Crippen molar-refractivity contribution in [2.45, 2.75) is 12.5 Å². The second-order valence-electron chi connectivity index (χ2n) is 3.83. The number of hydrogen-bond acceptors (Lipinski definition) is 4. The molecule has 0 fully saturated rings. The van der Waals surface area contributed by atoms with Gasteiger partial charge >= 0.3 is 0 Å². The van der Waals surface area contributed by atoms with Gasteiger partial charge in [0.1, 0.15) is 0 Å². The molecule has 0 aliphatic rings. The van der Waals surface area contributed by atoms with Crippen molar-refractivity contribution in [2.24, 2.45) is 7.05 Å². The molecule has 0 aliphatic heterocycles. The van der Waals surface area contributed by atoms with Gasteiger partial charge in [-0.2, -0.15) is 0 Å². The van der Waals surface area contributed by atoms with Gasteiger partial charge in [0.15, 0.2) is 0 Å². The summed E-state index contributed by atoms with van der Waals surface area (Å²) in [5.74, 6) is 0. The van der Waals surface area contributed by atoms with Crippen molar-refractivity contribution in [2.75, 3.05) is 7.05 Å². The lowest BCUT2D eigenvalue weighted by atomic mass is 10.0. The molecule has 6 heteroatoms. The minimum atomic E-state index is 0.113. The molecule has 2 rings (SSSR count). The summed E-state index contributed by atoms with van der Waals surface area (Å²) < 4.78 is 1.69. The molecule has 1 N–H and O–H groups in total. The minimum Gasteiger partial charge on any atom is -0.313 e. The summed E-state index contributed by atoms with van der Waals surface area (Å²) in [5, 5.41) is 11.9. The molecule has 0 saturated carbocycles. The van der Waals surface area contributed by atoms with Crippen LogP contribution in [0.4, 0.5) is 0 Å². The van der Waals surface area contributed by atoms with Gasteiger partial charge in [0, 0.05) is 38.1 Å². The number of hydrogen-bond donors (Lipinski definition) is 1. The summed E-state index contributed by atoms with van der Waals surface area (Å²) in [4.78, 5) is 3.98. The average molecular weight is 252 g/mol. The molecule has 0 spiro atoms. The zero-order chi connectivity index (χ0) is 12.3. The second-order valence-corrected chi connectivity index (χ2v) is 4.23. The SMILES string of the molecule is CNC(Cc1cn(C)nn1)c1ccncc1Cl. The Hall–Kier alpha value is -1.46. The molecule has 2 aromatic rings. The third-order valence-electron chi connectivity index (χ3n) is 2.59. The third-order valence-corrected chi connectivity index (χ3v) is 2.91. The lowest BCUT2D eigenvalue weighted by Gasteiger charge is -2.16. The number of nitrogens with one attached hydrogen (secondary N) is 1. The van der Waals surface area contributed by atoms with Crippen LogP contribution < -0.4 is 5.32 Å². The summed E-state index contributed by atoms with van der Waals surface area (Å²) in [6, 6.07) is 2.03. The number of aromatic nitrogens is 4. The summed E-state index contributed by atoms with van der Waals surface area (Å²) in [5.41, 5.74) is 1.95. The molecule has 17 heavy (non-hydrogen) atoms. The highest BCUT2D eigenvalue weighted by molar-refractivity contribution is 6.31. The molecule has 0 aromatic carbocycles. The van der Waals surface area contributed by atoms with Gasteiger partial charge < -0.3 is 5.32 Å². The Balaban J connectivity index is 2.20. The number of likely N-dealkylation sites (N-methyl/N-ethyl adjacent to an activating group) is 1. The van der Waals surface area contributed by atoms with Crippen LogP contribution in [0.2, 0.25) is 5.02 Å². The van der Waals surface area contributed by atoms with E-state index in [-0.39, 0.29) is 6.04 Å². The average Bonchev–Trinajstić information content (AvgIpc) is 2.73. The van der Waals surface area contributed by atoms with E-state index in [1.807, 2.05) is 26.4 Å². The molecule has 5 nitrogen and oxygen atoms in total. The van der Waals surface area contributed by atoms with Crippen LogP contribution in [0, 0.1) is 0 Å². The molecule has 90 valence electrons. The van der Waals surface area contributed by atoms with Gasteiger partial charge in [-0.3, -0.25) is 9.67 Å². The zero-order valence-electron chi connectivity index (χ0n) is 9.76. The van der Waals surface area contributed by atoms with Crippen molar-refractivity contribution in [3.05, 3.63) is 40.9 Å². The summed E-state index contributed by atoms with van der Waals surface area (Å²) in [7, 11) is 3.75. The fourth-order valence-electron chi connectivity index (χ4n) is 1.73. The zero-order valence-corrected chi connectivity index (χ0v) is 10.5. The fourth-order valence-corrected chi connectivity index (χ4v) is 1.99. The molecule has 2 heterocycles. The first-order chi connectivity index (χ1) is 8.20. The van der Waals surface area contributed by atoms with Gasteiger partial charge in [0.25, 0.3) is 0 Å². The maximum atomic E-state index is 6.13. The van der Waals surface area contributed by atoms with Crippen LogP contribution in [0.1, 0.15) is 17.3 Å². The van der Waals surface area contributed by atoms with Crippen molar-refractivity contribution >= 4 is 11.6 Å². The molecule has 0 saturated heterocycles. The summed E-state index contributed by atoms with van der Waals surface area (Å²) in [6.07, 6.45) is 6.04. The van der Waals surface area contributed by atoms with E-state index in [4.69, 9.17) is 11.6 Å². The first-order valence-electron chi connectivity index (χ1n) is 5.32. The molecule has 0 bridgehead atoms. The first-order valence-corrected chi connectivity index (χ1v) is 5.70. The smallest absolute Gasteiger partial charge is 0.0845 e. The van der Waals surface area contributed by atoms with Crippen LogP contribution in [-0.4, -0.2) is 27.0 Å². The van der Waals surface area contributed by atoms with Crippen molar-refractivity contribution in [1.29, 1.82) is 0 Å². The molecule has 0 radical (unpaired) electrons. The Bertz CT molecular complexity index is 496. The molecule has 1 atom stereocenters. The largest absolute Gasteiger partial charge is 0.313 e. The van der Waals surface area contributed by atoms with Gasteiger partial charge in [0.05, 0.1) is 10.7 Å². The van der Waals surface area contributed by atoms with Gasteiger partial charge in [-0.05, 0) is 18.7 Å². The van der Waals surface area contributed by atoms with Crippen LogP contribution in [-0.2, 0) is 13.5 Å². The number of halogens is 1. The number of aryl methyl sites for hydroxylation is 1. The van der Waals surface area contributed by atoms with Crippen LogP contribution in [0.5, 0.6) is 0 Å². The van der Waals surface area contributed by atoms with E-state index >= 15 is 0 Å². The first kappa shape index (κ1) is 12.0. The van der Waals surface area contributed by atoms with Gasteiger partial charge in [-0.15, -0.1) is 5.10 Å². The maximum Gasteiger partial charge on any atom is 0.0845 e. The normalized spacial score (nSPS) is 12.6. The Morgan fingerprint density at radius 3 is 2.94 bits per heavy atom. The van der Waals surface area contributed by atoms with E-state index in [0.29, 0.717) is 5.02 Å². The van der Waals surface area contributed by atoms with Crippen molar-refractivity contribution in [3.8, 4) is 0 Å². The highest BCUT2D eigenvalue weighted by Crippen LogP contribution is 2.23. The Kier molecular flexibility index (Phi) is 3.71. The Labute approximate surface area is 105 Å². The van der Waals surface area contributed by atoms with E-state index in [0.717, 1.165) is 17.7 Å². The minimum absolute atomic E-state index is 0.113. The number of rotatable bonds is 4. The number of nitrogens with zero attached hydrogens (tertiary/aromatic N) is 4. The van der Waals surface area contributed by atoms with Crippen LogP contribution in [0.25, 0.3) is 0 Å². The van der Waals surface area contributed by atoms with Crippen LogP contribution in [0.3, 0.4) is 0 Å². The molecular weight excluding hydrogens is 238 g/mol. The Morgan fingerprint density at radius 2 is 2.35 bits per heavy atom. The van der Waals surface area contributed by atoms with E-state index in [9.17, 15) is 0 Å². The van der Waals surface area contributed by atoms with Crippen molar-refractivity contribution in [3.63, 3.8) is 0 Å². The lowest BCUT2D eigenvalue weighted by Crippen LogP contribution is -2.19. The topological polar surface area (TPSA) is 55.6 Å². The predicted octanol–water partition coefficient (Wildman–Crippen LogP) is 1.37. The summed E-state index contributed by atoms with van der Waals surface area (Å²) >= 11 is 6.13. The Morgan fingerprint density at radius 1 is 1.53 bits per heavy atom. The molecule has 0 amide bonds. The van der Waals surface area contributed by atoms with Gasteiger partial charge in [0.2, 0.25) is 0 Å². The van der Waals surface area contributed by atoms with E-state index in [2.05, 4.69) is 20.6 Å². The molecule has 0 aliphatic carbocycles. The predicted molar refractivity (Wildman–Crippen MR) is 65.8 cm³/mol. The standard InChI is InChI=1S/C11H14ClN5/c1-13-11(5-8-7-17(2)16-15-8)9-3-4-14-6-10(9)12/h3-4,6-7,11,13H,5H2,1-2H3. The highest BCUT2D eigenvalue weighted by Gasteiger charge is 2.14. The lowest BCUT2D eigenvalue weighted by molar-refractivity contribution is 0.583. The third kappa shape index (κ3) is 2.81. The maximum absolute atomic E-state index is 6.13. The van der Waals surface area contributed by atoms with Crippen LogP contribution in [0.15, 0.2) is 24.7 Å². The summed E-state index contributed by atoms with van der Waals surface area (Å²) in [6.45, 7) is 0. The highest BCUT2D eigenvalue weighted by atomic mass is 35.5.